The third-order valence-corrected chi connectivity index (χ3v) is 6.17. The number of aryl methyl sites for hydroxylation is 3. The van der Waals surface area contributed by atoms with Gasteiger partial charge >= 0.3 is 14.0 Å². The van der Waals surface area contributed by atoms with E-state index in [-0.39, 0.29) is 24.9 Å². The third-order valence-electron chi connectivity index (χ3n) is 5.27. The number of hydrogen-bond donors (Lipinski definition) is 3. The highest BCUT2D eigenvalue weighted by atomic mass is 31.2. The Balaban J connectivity index is 1.80. The lowest BCUT2D eigenvalue weighted by atomic mass is 10.0. The summed E-state index contributed by atoms with van der Waals surface area (Å²) in [6.07, 6.45) is 0.553. The number of hydrogen-bond acceptors (Lipinski definition) is 3. The zero-order valence-corrected chi connectivity index (χ0v) is 19.8. The molecule has 0 saturated carbocycles. The van der Waals surface area contributed by atoms with Crippen LogP contribution in [0.1, 0.15) is 54.4 Å². The van der Waals surface area contributed by atoms with E-state index >= 15 is 0 Å². The molecular formula is C24H33F3NO4P. The van der Waals surface area contributed by atoms with E-state index < -0.39 is 14.0 Å². The number of rotatable bonds is 14. The number of nitrogens with one attached hydrogen (secondary N) is 1. The first-order chi connectivity index (χ1) is 15.5. The molecule has 2 aromatic carbocycles. The van der Waals surface area contributed by atoms with Crippen molar-refractivity contribution in [2.75, 3.05) is 12.7 Å². The largest absolute Gasteiger partial charge is 0.573 e. The Morgan fingerprint density at radius 1 is 0.909 bits per heavy atom. The number of ether oxygens (including phenoxy) is 1. The highest BCUT2D eigenvalue weighted by molar-refractivity contribution is 7.51. The molecule has 33 heavy (non-hydrogen) atoms. The van der Waals surface area contributed by atoms with Crippen LogP contribution >= 0.6 is 7.60 Å². The number of alkyl halides is 3. The number of halogens is 3. The summed E-state index contributed by atoms with van der Waals surface area (Å²) in [7, 11) is -4.04. The molecular weight excluding hydrogens is 454 g/mol. The minimum Gasteiger partial charge on any atom is -0.405 e. The zero-order chi connectivity index (χ0) is 24.3. The average molecular weight is 487 g/mol. The van der Waals surface area contributed by atoms with E-state index in [1.165, 1.54) is 17.2 Å². The first kappa shape index (κ1) is 27.4. The molecule has 5 nitrogen and oxygen atoms in total. The molecule has 2 rings (SSSR count). The lowest BCUT2D eigenvalue weighted by molar-refractivity contribution is -0.274. The molecule has 0 atom stereocenters. The standard InChI is InChI=1S/C24H33F3NO4P/c1-19-9-11-20(12-10-19)7-4-2-3-5-8-22-14-13-21(17-23(22)32-24(25,26)27)18-28-15-6-16-33(29,30)31/h9-14,17,28H,2-8,15-16,18H2,1H3,(H2,29,30,31). The Kier molecular flexibility index (Phi) is 10.9. The Hall–Kier alpha value is -1.86. The van der Waals surface area contributed by atoms with E-state index in [9.17, 15) is 17.7 Å². The first-order valence-electron chi connectivity index (χ1n) is 11.2. The Bertz CT molecular complexity index is 898. The van der Waals surface area contributed by atoms with E-state index in [4.69, 9.17) is 9.79 Å². The van der Waals surface area contributed by atoms with Gasteiger partial charge in [0, 0.05) is 6.54 Å². The molecule has 184 valence electrons. The Labute approximate surface area is 193 Å². The van der Waals surface area contributed by atoms with E-state index in [0.717, 1.165) is 32.1 Å². The van der Waals surface area contributed by atoms with Gasteiger partial charge in [-0.15, -0.1) is 13.2 Å². The molecule has 0 radical (unpaired) electrons. The topological polar surface area (TPSA) is 78.8 Å². The van der Waals surface area contributed by atoms with Crippen molar-refractivity contribution < 1.29 is 32.3 Å². The van der Waals surface area contributed by atoms with E-state index in [1.807, 2.05) is 0 Å². The summed E-state index contributed by atoms with van der Waals surface area (Å²) in [5, 5.41) is 2.99. The van der Waals surface area contributed by atoms with Gasteiger partial charge in [-0.3, -0.25) is 4.57 Å². The van der Waals surface area contributed by atoms with Gasteiger partial charge in [0.25, 0.3) is 0 Å². The minimum atomic E-state index is -4.77. The molecule has 0 aromatic heterocycles. The van der Waals surface area contributed by atoms with E-state index in [2.05, 4.69) is 41.2 Å². The summed E-state index contributed by atoms with van der Waals surface area (Å²) in [6.45, 7) is 2.69. The first-order valence-corrected chi connectivity index (χ1v) is 13.0. The van der Waals surface area contributed by atoms with Gasteiger partial charge in [0.15, 0.2) is 0 Å². The third kappa shape index (κ3) is 12.2. The molecule has 0 heterocycles. The van der Waals surface area contributed by atoms with E-state index in [0.29, 0.717) is 24.1 Å². The fourth-order valence-electron chi connectivity index (χ4n) is 3.53. The quantitative estimate of drug-likeness (QED) is 0.229. The molecule has 0 bridgehead atoms. The lowest BCUT2D eigenvalue weighted by Gasteiger charge is -2.15. The molecule has 9 heteroatoms. The lowest BCUT2D eigenvalue weighted by Crippen LogP contribution is -2.19. The normalized spacial score (nSPS) is 12.2. The molecule has 0 aliphatic rings. The summed E-state index contributed by atoms with van der Waals surface area (Å²) in [6, 6.07) is 13.3. The van der Waals surface area contributed by atoms with Crippen LogP contribution in [-0.4, -0.2) is 28.9 Å². The molecule has 0 saturated heterocycles. The maximum absolute atomic E-state index is 12.9. The molecule has 0 fully saturated rings. The molecule has 2 aromatic rings. The zero-order valence-electron chi connectivity index (χ0n) is 18.9. The van der Waals surface area contributed by atoms with Gasteiger partial charge in [-0.25, -0.2) is 0 Å². The van der Waals surface area contributed by atoms with Gasteiger partial charge < -0.3 is 19.8 Å². The van der Waals surface area contributed by atoms with Gasteiger partial charge in [-0.1, -0.05) is 54.8 Å². The summed E-state index contributed by atoms with van der Waals surface area (Å²) in [4.78, 5) is 17.7. The van der Waals surface area contributed by atoms with Crippen LogP contribution in [0.2, 0.25) is 0 Å². The van der Waals surface area contributed by atoms with Crippen LogP contribution in [0.15, 0.2) is 42.5 Å². The maximum atomic E-state index is 12.9. The van der Waals surface area contributed by atoms with Gasteiger partial charge in [0.05, 0.1) is 6.16 Å². The molecule has 3 N–H and O–H groups in total. The van der Waals surface area contributed by atoms with E-state index in [1.54, 1.807) is 12.1 Å². The average Bonchev–Trinajstić information content (AvgIpc) is 2.71. The van der Waals surface area contributed by atoms with Crippen LogP contribution in [0, 0.1) is 6.92 Å². The Morgan fingerprint density at radius 3 is 2.18 bits per heavy atom. The summed E-state index contributed by atoms with van der Waals surface area (Å²) < 4.78 is 53.7. The molecule has 0 unspecified atom stereocenters. The maximum Gasteiger partial charge on any atom is 0.573 e. The van der Waals surface area contributed by atoms with Crippen molar-refractivity contribution in [3.63, 3.8) is 0 Å². The second-order valence-corrected chi connectivity index (χ2v) is 10.1. The summed E-state index contributed by atoms with van der Waals surface area (Å²) in [5.74, 6) is -0.184. The van der Waals surface area contributed by atoms with Crippen molar-refractivity contribution in [2.24, 2.45) is 0 Å². The van der Waals surface area contributed by atoms with Gasteiger partial charge in [-0.2, -0.15) is 0 Å². The van der Waals surface area contributed by atoms with Crippen LogP contribution in [-0.2, 0) is 24.0 Å². The number of benzene rings is 2. The van der Waals surface area contributed by atoms with Crippen molar-refractivity contribution in [1.82, 2.24) is 5.32 Å². The van der Waals surface area contributed by atoms with Crippen molar-refractivity contribution in [3.05, 3.63) is 64.7 Å². The fraction of sp³-hybridized carbons (Fsp3) is 0.500. The number of unbranched alkanes of at least 4 members (excludes halogenated alkanes) is 3. The van der Waals surface area contributed by atoms with Crippen LogP contribution in [0.25, 0.3) is 0 Å². The van der Waals surface area contributed by atoms with Crippen molar-refractivity contribution >= 4 is 7.60 Å². The fourth-order valence-corrected chi connectivity index (χ4v) is 4.10. The predicted molar refractivity (Wildman–Crippen MR) is 123 cm³/mol. The molecule has 0 aliphatic heterocycles. The molecule has 0 amide bonds. The van der Waals surface area contributed by atoms with Crippen LogP contribution < -0.4 is 10.1 Å². The highest BCUT2D eigenvalue weighted by Crippen LogP contribution is 2.34. The summed E-state index contributed by atoms with van der Waals surface area (Å²) >= 11 is 0. The predicted octanol–water partition coefficient (Wildman–Crippen LogP) is 5.90. The van der Waals surface area contributed by atoms with Crippen molar-refractivity contribution in [3.8, 4) is 5.75 Å². The second-order valence-electron chi connectivity index (χ2n) is 8.31. The van der Waals surface area contributed by atoms with Gasteiger partial charge in [0.2, 0.25) is 0 Å². The van der Waals surface area contributed by atoms with Crippen LogP contribution in [0.4, 0.5) is 13.2 Å². The van der Waals surface area contributed by atoms with Crippen LogP contribution in [0.3, 0.4) is 0 Å². The minimum absolute atomic E-state index is 0.184. The smallest absolute Gasteiger partial charge is 0.405 e. The van der Waals surface area contributed by atoms with Crippen LogP contribution in [0.5, 0.6) is 5.75 Å². The van der Waals surface area contributed by atoms with Crippen molar-refractivity contribution in [2.45, 2.75) is 64.8 Å². The SMILES string of the molecule is Cc1ccc(CCCCCCc2ccc(CNCCCP(=O)(O)O)cc2OC(F)(F)F)cc1. The second kappa shape index (κ2) is 13.1. The highest BCUT2D eigenvalue weighted by Gasteiger charge is 2.32. The Morgan fingerprint density at radius 2 is 1.55 bits per heavy atom. The van der Waals surface area contributed by atoms with Crippen molar-refractivity contribution in [1.29, 1.82) is 0 Å². The molecule has 0 spiro atoms. The molecule has 0 aliphatic carbocycles. The van der Waals surface area contributed by atoms with Gasteiger partial charge in [-0.05, 0) is 68.3 Å². The monoisotopic (exact) mass is 487 g/mol. The summed E-state index contributed by atoms with van der Waals surface area (Å²) in [5.41, 5.74) is 3.67. The van der Waals surface area contributed by atoms with Gasteiger partial charge in [0.1, 0.15) is 5.75 Å².